The molecular weight excluding hydrogens is 370 g/mol. The molecule has 0 N–H and O–H groups in total. The van der Waals surface area contributed by atoms with E-state index in [1.807, 2.05) is 29.2 Å². The number of hydrogen-bond acceptors (Lipinski definition) is 5. The summed E-state index contributed by atoms with van der Waals surface area (Å²) in [6.07, 6.45) is 1.65. The van der Waals surface area contributed by atoms with Gasteiger partial charge in [0.15, 0.2) is 0 Å². The quantitative estimate of drug-likeness (QED) is 0.802. The number of aromatic nitrogens is 1. The summed E-state index contributed by atoms with van der Waals surface area (Å²) in [5.74, 6) is 0.164. The van der Waals surface area contributed by atoms with Crippen molar-refractivity contribution in [1.82, 2.24) is 14.8 Å². The number of rotatable bonds is 4. The van der Waals surface area contributed by atoms with Gasteiger partial charge in [-0.3, -0.25) is 9.69 Å². The van der Waals surface area contributed by atoms with Gasteiger partial charge in [-0.05, 0) is 18.9 Å². The Bertz CT molecular complexity index is 768. The van der Waals surface area contributed by atoms with Crippen LogP contribution in [-0.2, 0) is 16.1 Å². The van der Waals surface area contributed by atoms with Gasteiger partial charge < -0.3 is 9.64 Å². The largest absolute Gasteiger partial charge is 0.368 e. The maximum atomic E-state index is 12.4. The Labute approximate surface area is 162 Å². The Morgan fingerprint density at radius 3 is 2.81 bits per heavy atom. The molecule has 0 saturated carbocycles. The van der Waals surface area contributed by atoms with Gasteiger partial charge in [-0.15, -0.1) is 11.3 Å². The van der Waals surface area contributed by atoms with Gasteiger partial charge in [-0.1, -0.05) is 29.8 Å². The summed E-state index contributed by atoms with van der Waals surface area (Å²) in [7, 11) is 0. The monoisotopic (exact) mass is 391 g/mol. The zero-order chi connectivity index (χ0) is 17.9. The highest BCUT2D eigenvalue weighted by Crippen LogP contribution is 2.30. The molecule has 1 atom stereocenters. The van der Waals surface area contributed by atoms with Gasteiger partial charge in [0.05, 0.1) is 10.7 Å². The van der Waals surface area contributed by atoms with Crippen molar-refractivity contribution < 1.29 is 9.53 Å². The number of hydrogen-bond donors (Lipinski definition) is 0. The molecule has 2 aromatic rings. The third-order valence-corrected chi connectivity index (χ3v) is 6.18. The molecule has 5 nitrogen and oxygen atoms in total. The molecule has 1 aromatic heterocycles. The fourth-order valence-corrected chi connectivity index (χ4v) is 4.60. The molecule has 0 aliphatic carbocycles. The number of thiazole rings is 1. The molecule has 26 heavy (non-hydrogen) atoms. The number of carbonyl (C=O) groups excluding carboxylic acids is 1. The smallest absolute Gasteiger partial charge is 0.251 e. The van der Waals surface area contributed by atoms with Crippen molar-refractivity contribution in [3.05, 3.63) is 40.4 Å². The Hall–Kier alpha value is -1.47. The molecular formula is C19H22ClN3O2S. The number of carbonyl (C=O) groups is 1. The highest BCUT2D eigenvalue weighted by Gasteiger charge is 2.30. The van der Waals surface area contributed by atoms with Crippen LogP contribution in [0.3, 0.4) is 0 Å². The average molecular weight is 392 g/mol. The third-order valence-electron chi connectivity index (χ3n) is 4.93. The minimum atomic E-state index is -0.210. The van der Waals surface area contributed by atoms with Crippen LogP contribution in [0, 0.1) is 0 Å². The van der Waals surface area contributed by atoms with Crippen LogP contribution in [0.15, 0.2) is 29.6 Å². The topological polar surface area (TPSA) is 45.7 Å². The summed E-state index contributed by atoms with van der Waals surface area (Å²) in [5.41, 5.74) is 2.04. The van der Waals surface area contributed by atoms with Gasteiger partial charge in [-0.2, -0.15) is 0 Å². The average Bonchev–Trinajstić information content (AvgIpc) is 3.34. The first-order chi connectivity index (χ1) is 12.7. The zero-order valence-electron chi connectivity index (χ0n) is 14.6. The lowest BCUT2D eigenvalue weighted by molar-refractivity contribution is -0.142. The molecule has 3 heterocycles. The molecule has 1 aromatic carbocycles. The molecule has 2 fully saturated rings. The Balaban J connectivity index is 1.32. The van der Waals surface area contributed by atoms with Crippen molar-refractivity contribution in [3.63, 3.8) is 0 Å². The summed E-state index contributed by atoms with van der Waals surface area (Å²) in [4.78, 5) is 21.5. The van der Waals surface area contributed by atoms with Crippen LogP contribution in [0.2, 0.25) is 5.02 Å². The van der Waals surface area contributed by atoms with Crippen LogP contribution < -0.4 is 0 Å². The molecule has 0 unspecified atom stereocenters. The first kappa shape index (κ1) is 17.9. The highest BCUT2D eigenvalue weighted by molar-refractivity contribution is 7.13. The lowest BCUT2D eigenvalue weighted by Crippen LogP contribution is -2.51. The molecule has 138 valence electrons. The van der Waals surface area contributed by atoms with Crippen molar-refractivity contribution in [2.75, 3.05) is 32.8 Å². The molecule has 0 bridgehead atoms. The molecule has 2 saturated heterocycles. The van der Waals surface area contributed by atoms with Gasteiger partial charge in [0.2, 0.25) is 0 Å². The van der Waals surface area contributed by atoms with Gasteiger partial charge in [0.1, 0.15) is 11.1 Å². The Morgan fingerprint density at radius 1 is 1.27 bits per heavy atom. The van der Waals surface area contributed by atoms with Crippen LogP contribution in [0.4, 0.5) is 0 Å². The van der Waals surface area contributed by atoms with E-state index in [2.05, 4.69) is 10.3 Å². The maximum Gasteiger partial charge on any atom is 0.251 e. The van der Waals surface area contributed by atoms with Gasteiger partial charge in [0.25, 0.3) is 5.91 Å². The summed E-state index contributed by atoms with van der Waals surface area (Å²) < 4.78 is 5.52. The number of nitrogens with zero attached hydrogens (tertiary/aromatic N) is 3. The second kappa shape index (κ2) is 8.05. The number of ether oxygens (including phenoxy) is 1. The van der Waals surface area contributed by atoms with Crippen LogP contribution in [0.1, 0.15) is 18.5 Å². The summed E-state index contributed by atoms with van der Waals surface area (Å²) in [6, 6.07) is 7.80. The molecule has 4 rings (SSSR count). The SMILES string of the molecule is O=C([C@H]1CCCO1)N1CCN(Cc2csc(-c3ccccc3Cl)n2)CC1. The van der Waals surface area contributed by atoms with E-state index in [-0.39, 0.29) is 12.0 Å². The molecule has 2 aliphatic heterocycles. The van der Waals surface area contributed by atoms with E-state index in [0.29, 0.717) is 6.61 Å². The van der Waals surface area contributed by atoms with Crippen molar-refractivity contribution in [2.45, 2.75) is 25.5 Å². The van der Waals surface area contributed by atoms with E-state index < -0.39 is 0 Å². The lowest BCUT2D eigenvalue weighted by atomic mass is 10.2. The van der Waals surface area contributed by atoms with Gasteiger partial charge >= 0.3 is 0 Å². The number of benzene rings is 1. The maximum absolute atomic E-state index is 12.4. The second-order valence-electron chi connectivity index (χ2n) is 6.73. The normalized spacial score (nSPS) is 21.3. The zero-order valence-corrected chi connectivity index (χ0v) is 16.1. The van der Waals surface area contributed by atoms with E-state index in [9.17, 15) is 4.79 Å². The Kier molecular flexibility index (Phi) is 5.55. The molecule has 1 amide bonds. The van der Waals surface area contributed by atoms with Crippen molar-refractivity contribution in [2.24, 2.45) is 0 Å². The minimum Gasteiger partial charge on any atom is -0.368 e. The Morgan fingerprint density at radius 2 is 2.08 bits per heavy atom. The standard InChI is InChI=1S/C19H22ClN3O2S/c20-16-5-2-1-4-15(16)18-21-14(13-26-18)12-22-7-9-23(10-8-22)19(24)17-6-3-11-25-17/h1-2,4-5,13,17H,3,6-12H2/t17-/m1/s1. The van der Waals surface area contributed by atoms with E-state index in [1.54, 1.807) is 11.3 Å². The molecule has 7 heteroatoms. The minimum absolute atomic E-state index is 0.164. The van der Waals surface area contributed by atoms with E-state index in [0.717, 1.165) is 66.9 Å². The van der Waals surface area contributed by atoms with Crippen molar-refractivity contribution in [3.8, 4) is 10.6 Å². The van der Waals surface area contributed by atoms with E-state index >= 15 is 0 Å². The number of piperazine rings is 1. The van der Waals surface area contributed by atoms with Gasteiger partial charge in [-0.25, -0.2) is 4.98 Å². The number of amides is 1. The van der Waals surface area contributed by atoms with Crippen molar-refractivity contribution >= 4 is 28.8 Å². The fourth-order valence-electron chi connectivity index (χ4n) is 3.47. The van der Waals surface area contributed by atoms with E-state index in [4.69, 9.17) is 21.3 Å². The highest BCUT2D eigenvalue weighted by atomic mass is 35.5. The van der Waals surface area contributed by atoms with Crippen LogP contribution in [0.25, 0.3) is 10.6 Å². The predicted octanol–water partition coefficient (Wildman–Crippen LogP) is 3.29. The summed E-state index contributed by atoms with van der Waals surface area (Å²) in [6.45, 7) is 4.80. The lowest BCUT2D eigenvalue weighted by Gasteiger charge is -2.35. The third kappa shape index (κ3) is 3.93. The predicted molar refractivity (Wildman–Crippen MR) is 103 cm³/mol. The fraction of sp³-hybridized carbons (Fsp3) is 0.474. The van der Waals surface area contributed by atoms with Crippen molar-refractivity contribution in [1.29, 1.82) is 0 Å². The molecule has 0 radical (unpaired) electrons. The second-order valence-corrected chi connectivity index (χ2v) is 7.99. The summed E-state index contributed by atoms with van der Waals surface area (Å²) in [5, 5.41) is 3.79. The number of halogens is 1. The summed E-state index contributed by atoms with van der Waals surface area (Å²) >= 11 is 7.89. The van der Waals surface area contributed by atoms with Crippen LogP contribution >= 0.6 is 22.9 Å². The van der Waals surface area contributed by atoms with Gasteiger partial charge in [0, 0.05) is 50.3 Å². The van der Waals surface area contributed by atoms with E-state index in [1.165, 1.54) is 0 Å². The first-order valence-electron chi connectivity index (χ1n) is 9.03. The first-order valence-corrected chi connectivity index (χ1v) is 10.3. The van der Waals surface area contributed by atoms with Crippen LogP contribution in [0.5, 0.6) is 0 Å². The molecule has 0 spiro atoms. The molecule has 2 aliphatic rings. The van der Waals surface area contributed by atoms with Crippen LogP contribution in [-0.4, -0.2) is 59.6 Å².